The van der Waals surface area contributed by atoms with Crippen molar-refractivity contribution in [2.24, 2.45) is 0 Å². The Hall–Kier alpha value is -6.84. The molecule has 0 aliphatic rings. The molecule has 8 aromatic carbocycles. The van der Waals surface area contributed by atoms with Crippen molar-refractivity contribution in [1.29, 1.82) is 0 Å². The number of hydrogen-bond acceptors (Lipinski definition) is 0. The third-order valence-corrected chi connectivity index (χ3v) is 8.46. The van der Waals surface area contributed by atoms with Crippen molar-refractivity contribution in [3.8, 4) is 28.2 Å². The second-order valence-electron chi connectivity index (χ2n) is 11.0. The SMILES string of the molecule is [2H]c1c([2H])c([2H])c(-c2c([2H])c([2H])c([2H])c([2H])c2-n2c3c([2H])c([2H])c([2H])c([2H])c3c3c([2H])c([2H])c([2H])c(-n4c5c([2H])c([2H])c([2H])c([2H])c5c5c([2H])c([2H])c(-n6c7c([2H])c([2H])c([2H])c([2H])c7c7c([2H])c([2H])c([2H])c([2H])c76)c([2H])c54)c32)c([2H])c1[2H]. The molecule has 51 heavy (non-hydrogen) atoms. The first-order valence-electron chi connectivity index (χ1n) is 30.5. The van der Waals surface area contributed by atoms with Gasteiger partial charge >= 0.3 is 0 Å². The van der Waals surface area contributed by atoms with Crippen molar-refractivity contribution in [2.45, 2.75) is 0 Å². The molecule has 0 amide bonds. The molecule has 238 valence electrons. The summed E-state index contributed by atoms with van der Waals surface area (Å²) in [5, 5.41) is -3.88. The maximum Gasteiger partial charge on any atom is 0.0782 e. The molecule has 0 aliphatic carbocycles. The molecule has 0 saturated carbocycles. The largest absolute Gasteiger partial charge is 0.309 e. The first-order valence-corrected chi connectivity index (χ1v) is 15.0. The lowest BCUT2D eigenvalue weighted by molar-refractivity contribution is 1.13. The maximum atomic E-state index is 10.3. The zero-order valence-electron chi connectivity index (χ0n) is 56.3. The summed E-state index contributed by atoms with van der Waals surface area (Å²) in [7, 11) is 0. The van der Waals surface area contributed by atoms with E-state index in [1.807, 2.05) is 0 Å². The van der Waals surface area contributed by atoms with Crippen LogP contribution in [0.3, 0.4) is 0 Å². The van der Waals surface area contributed by atoms with Gasteiger partial charge in [-0.25, -0.2) is 0 Å². The lowest BCUT2D eigenvalue weighted by atomic mass is 10.0. The highest BCUT2D eigenvalue weighted by molar-refractivity contribution is 6.16. The van der Waals surface area contributed by atoms with Crippen LogP contribution in [0, 0.1) is 0 Å². The van der Waals surface area contributed by atoms with Crippen LogP contribution in [0.1, 0.15) is 42.5 Å². The van der Waals surface area contributed by atoms with Gasteiger partial charge in [0, 0.05) is 43.6 Å². The van der Waals surface area contributed by atoms with Gasteiger partial charge in [0.05, 0.1) is 87.0 Å². The Kier molecular flexibility index (Phi) is 2.41. The van der Waals surface area contributed by atoms with Gasteiger partial charge < -0.3 is 13.7 Å². The van der Waals surface area contributed by atoms with Gasteiger partial charge in [0.25, 0.3) is 0 Å². The fourth-order valence-electron chi connectivity index (χ4n) is 6.45. The van der Waals surface area contributed by atoms with E-state index >= 15 is 0 Å². The van der Waals surface area contributed by atoms with E-state index in [0.29, 0.717) is 13.7 Å². The van der Waals surface area contributed by atoms with Crippen molar-refractivity contribution in [3.63, 3.8) is 0 Å². The van der Waals surface area contributed by atoms with Crippen molar-refractivity contribution in [1.82, 2.24) is 13.7 Å². The number of rotatable bonds is 4. The molecule has 0 fully saturated rings. The Morgan fingerprint density at radius 2 is 0.784 bits per heavy atom. The summed E-state index contributed by atoms with van der Waals surface area (Å²) in [5.74, 6) is 0. The zero-order valence-corrected chi connectivity index (χ0v) is 25.3. The Morgan fingerprint density at radius 1 is 0.314 bits per heavy atom. The molecule has 0 bridgehead atoms. The molecule has 0 radical (unpaired) electrons. The number of nitrogens with zero attached hydrogens (tertiary/aromatic N) is 3. The van der Waals surface area contributed by atoms with Crippen LogP contribution >= 0.6 is 0 Å². The van der Waals surface area contributed by atoms with Gasteiger partial charge in [0.2, 0.25) is 0 Å². The highest BCUT2D eigenvalue weighted by Gasteiger charge is 2.22. The van der Waals surface area contributed by atoms with Gasteiger partial charge in [-0.05, 0) is 53.9 Å². The van der Waals surface area contributed by atoms with E-state index in [0.717, 1.165) is 0 Å². The average molecular weight is 681 g/mol. The molecule has 0 spiro atoms. The lowest BCUT2D eigenvalue weighted by Crippen LogP contribution is -2.02. The first-order chi connectivity index (χ1) is 38.2. The minimum Gasteiger partial charge on any atom is -0.309 e. The second kappa shape index (κ2) is 10.8. The van der Waals surface area contributed by atoms with Gasteiger partial charge in [-0.2, -0.15) is 0 Å². The molecule has 11 aromatic rings. The zero-order chi connectivity index (χ0) is 60.4. The van der Waals surface area contributed by atoms with Gasteiger partial charge in [-0.3, -0.25) is 0 Å². The van der Waals surface area contributed by atoms with Crippen molar-refractivity contribution >= 4 is 65.4 Å². The normalized spacial score (nSPS) is 20.4. The predicted molar refractivity (Wildman–Crippen MR) is 215 cm³/mol. The number of fused-ring (bicyclic) bond motifs is 9. The summed E-state index contributed by atoms with van der Waals surface area (Å²) in [4.78, 5) is 0. The highest BCUT2D eigenvalue weighted by atomic mass is 15.1. The minimum atomic E-state index is -1.16. The van der Waals surface area contributed by atoms with Gasteiger partial charge in [-0.1, -0.05) is 139 Å². The summed E-state index contributed by atoms with van der Waals surface area (Å²) in [5.41, 5.74) is -9.21. The highest BCUT2D eigenvalue weighted by Crippen LogP contribution is 2.42. The monoisotopic (exact) mass is 680 g/mol. The summed E-state index contributed by atoms with van der Waals surface area (Å²) < 4.78 is 285. The fourth-order valence-corrected chi connectivity index (χ4v) is 6.45. The van der Waals surface area contributed by atoms with E-state index in [9.17, 15) is 19.2 Å². The number of para-hydroxylation sites is 6. The van der Waals surface area contributed by atoms with Crippen molar-refractivity contribution in [2.75, 3.05) is 0 Å². The van der Waals surface area contributed by atoms with Crippen LogP contribution in [0.5, 0.6) is 0 Å². The molecule has 0 aliphatic heterocycles. The van der Waals surface area contributed by atoms with E-state index in [4.69, 9.17) is 23.3 Å². The van der Waals surface area contributed by atoms with Crippen LogP contribution in [0.2, 0.25) is 0 Å². The lowest BCUT2D eigenvalue weighted by Gasteiger charge is -2.17. The smallest absolute Gasteiger partial charge is 0.0782 e. The van der Waals surface area contributed by atoms with Crippen LogP contribution in [-0.2, 0) is 0 Å². The van der Waals surface area contributed by atoms with Gasteiger partial charge in [0.15, 0.2) is 0 Å². The molecule has 3 nitrogen and oxygen atoms in total. The average Bonchev–Trinajstić information content (AvgIpc) is 4.22. The van der Waals surface area contributed by atoms with E-state index in [2.05, 4.69) is 0 Å². The van der Waals surface area contributed by atoms with Crippen LogP contribution in [0.25, 0.3) is 93.6 Å². The number of benzene rings is 8. The Morgan fingerprint density at radius 3 is 1.45 bits per heavy atom. The topological polar surface area (TPSA) is 14.8 Å². The fraction of sp³-hybridized carbons (Fsp3) is 0. The Labute approximate surface area is 338 Å². The van der Waals surface area contributed by atoms with E-state index < -0.39 is 281 Å². The molecule has 3 heterocycles. The van der Waals surface area contributed by atoms with Gasteiger partial charge in [0.1, 0.15) is 0 Å². The quantitative estimate of drug-likeness (QED) is 0.176. The Balaban J connectivity index is 1.52. The third kappa shape index (κ3) is 4.00. The van der Waals surface area contributed by atoms with E-state index in [1.54, 1.807) is 0 Å². The van der Waals surface area contributed by atoms with E-state index in [1.165, 1.54) is 0 Å². The summed E-state index contributed by atoms with van der Waals surface area (Å²) in [6.07, 6.45) is 0. The molecule has 3 heteroatoms. The van der Waals surface area contributed by atoms with Crippen LogP contribution in [0.4, 0.5) is 0 Å². The van der Waals surface area contributed by atoms with Crippen LogP contribution in [0.15, 0.2) is 187 Å². The van der Waals surface area contributed by atoms with E-state index in [-0.39, 0.29) is 0 Å². The minimum absolute atomic E-state index is 0.537. The first kappa shape index (κ1) is 11.3. The molecule has 0 unspecified atom stereocenters. The predicted octanol–water partition coefficient (Wildman–Crippen LogP) is 12.6. The van der Waals surface area contributed by atoms with Gasteiger partial charge in [-0.15, -0.1) is 0 Å². The van der Waals surface area contributed by atoms with Crippen LogP contribution in [-0.4, -0.2) is 13.7 Å². The molecule has 11 rings (SSSR count). The third-order valence-electron chi connectivity index (χ3n) is 8.46. The Bertz CT molecular complexity index is 4830. The summed E-state index contributed by atoms with van der Waals surface area (Å²) in [6.45, 7) is 0. The van der Waals surface area contributed by atoms with Crippen molar-refractivity contribution in [3.05, 3.63) is 187 Å². The van der Waals surface area contributed by atoms with Crippen molar-refractivity contribution < 1.29 is 42.5 Å². The molecular weight excluding hydrogens is 619 g/mol. The number of aromatic nitrogens is 3. The standard InChI is InChI=1S/C48H31N3/c1-2-15-32(16-3-1)34-17-4-9-23-41(34)51-45-27-13-8-21-38(45)40-22-14-28-46(48(40)51)50-44-26-12-7-20-37(44)39-30-29-33(31-47(39)50)49-42-24-10-5-18-35(42)36-19-6-11-25-43(36)49/h1-31H/i1D,2D,3D,4D,5D,6D,7D,8D,9D,10D,11D,12D,13D,14D,15D,16D,17D,18D,19D,20D,21D,22D,23D,24D,25D,26D,27D,28D,29D,30D,31D. The molecule has 0 saturated heterocycles. The number of hydrogen-bond donors (Lipinski definition) is 0. The molecular formula is C48H31N3. The molecule has 3 aromatic heterocycles. The molecule has 0 N–H and O–H groups in total. The maximum absolute atomic E-state index is 10.3. The van der Waals surface area contributed by atoms with Crippen LogP contribution < -0.4 is 0 Å². The summed E-state index contributed by atoms with van der Waals surface area (Å²) >= 11 is 0. The molecule has 0 atom stereocenters. The second-order valence-corrected chi connectivity index (χ2v) is 11.0. The summed E-state index contributed by atoms with van der Waals surface area (Å²) in [6, 6.07) is -31.0.